The number of aliphatic hydroxyl groups is 2. The summed E-state index contributed by atoms with van der Waals surface area (Å²) in [4.78, 5) is 0. The van der Waals surface area contributed by atoms with E-state index in [9.17, 15) is 5.11 Å². The lowest BCUT2D eigenvalue weighted by atomic mass is 10.0. The number of hydrogen-bond acceptors (Lipinski definition) is 2. The van der Waals surface area contributed by atoms with Crippen LogP contribution in [0.15, 0.2) is 0 Å². The summed E-state index contributed by atoms with van der Waals surface area (Å²) in [5, 5.41) is 18.9. The van der Waals surface area contributed by atoms with Gasteiger partial charge >= 0.3 is 0 Å². The molecule has 2 unspecified atom stereocenters. The van der Waals surface area contributed by atoms with Gasteiger partial charge in [0.15, 0.2) is 0 Å². The average Bonchev–Trinajstić information content (AvgIpc) is 2.42. The van der Waals surface area contributed by atoms with E-state index in [0.717, 1.165) is 25.7 Å². The van der Waals surface area contributed by atoms with Crippen molar-refractivity contribution in [2.24, 2.45) is 0 Å². The first-order chi connectivity index (χ1) is 9.66. The Hall–Kier alpha value is -0.0800. The maximum atomic E-state index is 9.72. The van der Waals surface area contributed by atoms with E-state index in [0.29, 0.717) is 0 Å². The molecule has 0 aromatic heterocycles. The molecule has 0 radical (unpaired) electrons. The Morgan fingerprint density at radius 3 is 1.45 bits per heavy atom. The molecule has 2 N–H and O–H groups in total. The molecule has 0 aliphatic rings. The molecule has 122 valence electrons. The molecular formula is C18H38O2. The standard InChI is InChI=1S/C18H38O2/c1-3-4-15-18(20)16-13-11-9-7-5-6-8-10-12-14-17(2)19/h17-20H,3-16H2,1-2H3. The van der Waals surface area contributed by atoms with Crippen molar-refractivity contribution < 1.29 is 10.2 Å². The predicted molar refractivity (Wildman–Crippen MR) is 88.0 cm³/mol. The van der Waals surface area contributed by atoms with E-state index in [1.165, 1.54) is 64.2 Å². The molecule has 2 atom stereocenters. The fourth-order valence-electron chi connectivity index (χ4n) is 2.64. The van der Waals surface area contributed by atoms with Gasteiger partial charge in [0, 0.05) is 0 Å². The summed E-state index contributed by atoms with van der Waals surface area (Å²) in [6.45, 7) is 4.05. The van der Waals surface area contributed by atoms with Gasteiger partial charge in [-0.15, -0.1) is 0 Å². The van der Waals surface area contributed by atoms with Crippen LogP contribution in [0.4, 0.5) is 0 Å². The maximum Gasteiger partial charge on any atom is 0.0540 e. The van der Waals surface area contributed by atoms with Crippen molar-refractivity contribution in [3.05, 3.63) is 0 Å². The molecule has 0 fully saturated rings. The van der Waals surface area contributed by atoms with Crippen molar-refractivity contribution in [2.45, 2.75) is 116 Å². The van der Waals surface area contributed by atoms with Gasteiger partial charge in [0.1, 0.15) is 0 Å². The monoisotopic (exact) mass is 286 g/mol. The minimum Gasteiger partial charge on any atom is -0.393 e. The third-order valence-electron chi connectivity index (χ3n) is 4.05. The first kappa shape index (κ1) is 19.9. The van der Waals surface area contributed by atoms with Gasteiger partial charge in [0.25, 0.3) is 0 Å². The lowest BCUT2D eigenvalue weighted by Crippen LogP contribution is -2.05. The Labute approximate surface area is 127 Å². The van der Waals surface area contributed by atoms with Gasteiger partial charge in [0.2, 0.25) is 0 Å². The summed E-state index contributed by atoms with van der Waals surface area (Å²) in [6.07, 6.45) is 16.7. The van der Waals surface area contributed by atoms with E-state index in [1.54, 1.807) is 0 Å². The molecule has 2 nitrogen and oxygen atoms in total. The van der Waals surface area contributed by atoms with Crippen molar-refractivity contribution in [1.82, 2.24) is 0 Å². The molecule has 0 saturated heterocycles. The van der Waals surface area contributed by atoms with Gasteiger partial charge in [-0.1, -0.05) is 77.6 Å². The minimum absolute atomic E-state index is 0.0520. The summed E-state index contributed by atoms with van der Waals surface area (Å²) in [5.74, 6) is 0. The van der Waals surface area contributed by atoms with Crippen LogP contribution in [0, 0.1) is 0 Å². The van der Waals surface area contributed by atoms with Crippen LogP contribution in [0.2, 0.25) is 0 Å². The normalized spacial score (nSPS) is 14.4. The van der Waals surface area contributed by atoms with Crippen LogP contribution in [-0.4, -0.2) is 22.4 Å². The minimum atomic E-state index is -0.123. The third kappa shape index (κ3) is 16.0. The highest BCUT2D eigenvalue weighted by Gasteiger charge is 2.02. The quantitative estimate of drug-likeness (QED) is 0.406. The van der Waals surface area contributed by atoms with Crippen LogP contribution in [0.5, 0.6) is 0 Å². The highest BCUT2D eigenvalue weighted by molar-refractivity contribution is 4.56. The second-order valence-electron chi connectivity index (χ2n) is 6.40. The lowest BCUT2D eigenvalue weighted by Gasteiger charge is -2.09. The molecule has 0 aliphatic carbocycles. The molecule has 0 aromatic rings. The Bertz CT molecular complexity index is 180. The molecule has 0 aliphatic heterocycles. The van der Waals surface area contributed by atoms with E-state index in [1.807, 2.05) is 6.92 Å². The Morgan fingerprint density at radius 1 is 0.600 bits per heavy atom. The van der Waals surface area contributed by atoms with Crippen LogP contribution < -0.4 is 0 Å². The summed E-state index contributed by atoms with van der Waals surface area (Å²) < 4.78 is 0. The molecule has 0 amide bonds. The zero-order chi connectivity index (χ0) is 15.1. The van der Waals surface area contributed by atoms with Crippen molar-refractivity contribution in [2.75, 3.05) is 0 Å². The summed E-state index contributed by atoms with van der Waals surface area (Å²) in [5.41, 5.74) is 0. The van der Waals surface area contributed by atoms with Gasteiger partial charge < -0.3 is 10.2 Å². The average molecular weight is 286 g/mol. The highest BCUT2D eigenvalue weighted by Crippen LogP contribution is 2.14. The fraction of sp³-hybridized carbons (Fsp3) is 1.00. The zero-order valence-electron chi connectivity index (χ0n) is 13.9. The molecule has 2 heteroatoms. The number of unbranched alkanes of at least 4 members (excludes halogenated alkanes) is 9. The van der Waals surface area contributed by atoms with E-state index < -0.39 is 0 Å². The third-order valence-corrected chi connectivity index (χ3v) is 4.05. The molecular weight excluding hydrogens is 248 g/mol. The second kappa shape index (κ2) is 15.3. The number of aliphatic hydroxyl groups excluding tert-OH is 2. The first-order valence-electron chi connectivity index (χ1n) is 9.03. The van der Waals surface area contributed by atoms with Crippen LogP contribution in [-0.2, 0) is 0 Å². The van der Waals surface area contributed by atoms with Gasteiger partial charge in [-0.2, -0.15) is 0 Å². The molecule has 20 heavy (non-hydrogen) atoms. The van der Waals surface area contributed by atoms with Crippen molar-refractivity contribution >= 4 is 0 Å². The molecule has 0 bridgehead atoms. The highest BCUT2D eigenvalue weighted by atomic mass is 16.3. The topological polar surface area (TPSA) is 40.5 Å². The van der Waals surface area contributed by atoms with E-state index in [4.69, 9.17) is 5.11 Å². The number of hydrogen-bond donors (Lipinski definition) is 2. The Kier molecular flexibility index (Phi) is 15.3. The van der Waals surface area contributed by atoms with Gasteiger partial charge in [-0.25, -0.2) is 0 Å². The summed E-state index contributed by atoms with van der Waals surface area (Å²) >= 11 is 0. The van der Waals surface area contributed by atoms with Gasteiger partial charge in [0.05, 0.1) is 12.2 Å². The van der Waals surface area contributed by atoms with Crippen LogP contribution >= 0.6 is 0 Å². The first-order valence-corrected chi connectivity index (χ1v) is 9.03. The van der Waals surface area contributed by atoms with Crippen LogP contribution in [0.25, 0.3) is 0 Å². The summed E-state index contributed by atoms with van der Waals surface area (Å²) in [7, 11) is 0. The molecule has 0 saturated carbocycles. The van der Waals surface area contributed by atoms with Crippen molar-refractivity contribution in [1.29, 1.82) is 0 Å². The smallest absolute Gasteiger partial charge is 0.0540 e. The summed E-state index contributed by atoms with van der Waals surface area (Å²) in [6, 6.07) is 0. The lowest BCUT2D eigenvalue weighted by molar-refractivity contribution is 0.148. The predicted octanol–water partition coefficient (Wildman–Crippen LogP) is 5.21. The van der Waals surface area contributed by atoms with E-state index in [2.05, 4.69) is 6.92 Å². The maximum absolute atomic E-state index is 9.72. The van der Waals surface area contributed by atoms with Gasteiger partial charge in [-0.3, -0.25) is 0 Å². The van der Waals surface area contributed by atoms with Crippen LogP contribution in [0.3, 0.4) is 0 Å². The largest absolute Gasteiger partial charge is 0.393 e. The Morgan fingerprint density at radius 2 is 1.00 bits per heavy atom. The fourth-order valence-corrected chi connectivity index (χ4v) is 2.64. The Balaban J connectivity index is 3.06. The molecule has 0 rings (SSSR count). The second-order valence-corrected chi connectivity index (χ2v) is 6.40. The van der Waals surface area contributed by atoms with Gasteiger partial charge in [-0.05, 0) is 26.2 Å². The zero-order valence-corrected chi connectivity index (χ0v) is 13.9. The molecule has 0 aromatic carbocycles. The van der Waals surface area contributed by atoms with E-state index in [-0.39, 0.29) is 12.2 Å². The van der Waals surface area contributed by atoms with Crippen LogP contribution in [0.1, 0.15) is 104 Å². The molecule has 0 heterocycles. The SMILES string of the molecule is CCCCC(O)CCCCCCCCCCCC(C)O. The number of rotatable bonds is 15. The molecule has 0 spiro atoms. The van der Waals surface area contributed by atoms with Crippen molar-refractivity contribution in [3.63, 3.8) is 0 Å². The van der Waals surface area contributed by atoms with E-state index >= 15 is 0 Å². The van der Waals surface area contributed by atoms with Crippen molar-refractivity contribution in [3.8, 4) is 0 Å².